The molecule has 4 rings (SSSR count). The normalized spacial score (nSPS) is 23.1. The van der Waals surface area contributed by atoms with Crippen LogP contribution in [0, 0.1) is 5.92 Å². The molecule has 2 aromatic rings. The molecule has 26 heavy (non-hydrogen) atoms. The molecule has 2 saturated heterocycles. The smallest absolute Gasteiger partial charge is 0.251 e. The van der Waals surface area contributed by atoms with Crippen LogP contribution in [0.4, 0.5) is 0 Å². The van der Waals surface area contributed by atoms with Crippen LogP contribution in [0.5, 0.6) is 0 Å². The van der Waals surface area contributed by atoms with E-state index in [9.17, 15) is 13.2 Å². The number of rotatable bonds is 5. The number of amides is 1. The third-order valence-corrected chi connectivity index (χ3v) is 7.02. The Morgan fingerprint density at radius 1 is 1.27 bits per heavy atom. The standard InChI is InChI=1S/C18H21N3O4S/c22-18(20-11-15-4-2-8-25-15)13-3-1-5-16(9-13)26(23,24)21-7-6-14-10-19-12-17(14)21/h1-5,8-9,14,17,19H,6-7,10-12H2,(H,20,22)/t14-,17+/m1/s1. The van der Waals surface area contributed by atoms with Crippen LogP contribution in [-0.2, 0) is 16.6 Å². The molecule has 7 nitrogen and oxygen atoms in total. The highest BCUT2D eigenvalue weighted by atomic mass is 32.2. The lowest BCUT2D eigenvalue weighted by atomic mass is 10.1. The fourth-order valence-electron chi connectivity index (χ4n) is 3.72. The summed E-state index contributed by atoms with van der Waals surface area (Å²) in [7, 11) is -3.61. The average molecular weight is 375 g/mol. The van der Waals surface area contributed by atoms with Gasteiger partial charge in [0.1, 0.15) is 5.76 Å². The largest absolute Gasteiger partial charge is 0.467 e. The highest BCUT2D eigenvalue weighted by Gasteiger charge is 2.43. The molecule has 2 aliphatic heterocycles. The van der Waals surface area contributed by atoms with Gasteiger partial charge >= 0.3 is 0 Å². The van der Waals surface area contributed by atoms with Crippen molar-refractivity contribution in [1.82, 2.24) is 14.9 Å². The summed E-state index contributed by atoms with van der Waals surface area (Å²) in [6, 6.07) is 9.74. The van der Waals surface area contributed by atoms with Gasteiger partial charge in [0, 0.05) is 24.7 Å². The molecule has 3 heterocycles. The fraction of sp³-hybridized carbons (Fsp3) is 0.389. The van der Waals surface area contributed by atoms with E-state index in [2.05, 4.69) is 10.6 Å². The Bertz CT molecular complexity index is 895. The summed E-state index contributed by atoms with van der Waals surface area (Å²) in [6.45, 7) is 2.34. The minimum Gasteiger partial charge on any atom is -0.467 e. The van der Waals surface area contributed by atoms with Gasteiger partial charge < -0.3 is 15.1 Å². The lowest BCUT2D eigenvalue weighted by Gasteiger charge is -2.23. The van der Waals surface area contributed by atoms with Crippen molar-refractivity contribution in [3.8, 4) is 0 Å². The van der Waals surface area contributed by atoms with Gasteiger partial charge in [-0.15, -0.1) is 0 Å². The first-order chi connectivity index (χ1) is 12.6. The Hall–Kier alpha value is -2.16. The van der Waals surface area contributed by atoms with Gasteiger partial charge in [-0.1, -0.05) is 6.07 Å². The summed E-state index contributed by atoms with van der Waals surface area (Å²) < 4.78 is 32.9. The number of hydrogen-bond donors (Lipinski definition) is 2. The first-order valence-corrected chi connectivity index (χ1v) is 10.1. The SMILES string of the molecule is O=C(NCc1ccco1)c1cccc(S(=O)(=O)N2CC[C@@H]3CNC[C@@H]32)c1. The van der Waals surface area contributed by atoms with Crippen molar-refractivity contribution in [3.63, 3.8) is 0 Å². The summed E-state index contributed by atoms with van der Waals surface area (Å²) >= 11 is 0. The van der Waals surface area contributed by atoms with Crippen LogP contribution in [0.3, 0.4) is 0 Å². The molecule has 1 aromatic carbocycles. The van der Waals surface area contributed by atoms with E-state index >= 15 is 0 Å². The van der Waals surface area contributed by atoms with Gasteiger partial charge in [-0.25, -0.2) is 8.42 Å². The van der Waals surface area contributed by atoms with Gasteiger partial charge in [0.05, 0.1) is 17.7 Å². The van der Waals surface area contributed by atoms with Crippen molar-refractivity contribution in [2.24, 2.45) is 5.92 Å². The Balaban J connectivity index is 1.52. The van der Waals surface area contributed by atoms with Crippen molar-refractivity contribution in [2.75, 3.05) is 19.6 Å². The van der Waals surface area contributed by atoms with E-state index in [1.54, 1.807) is 34.6 Å². The molecule has 0 aliphatic carbocycles. The van der Waals surface area contributed by atoms with E-state index in [0.717, 1.165) is 13.0 Å². The average Bonchev–Trinajstić information content (AvgIpc) is 3.37. The van der Waals surface area contributed by atoms with Crippen molar-refractivity contribution in [1.29, 1.82) is 0 Å². The van der Waals surface area contributed by atoms with E-state index in [4.69, 9.17) is 4.42 Å². The van der Waals surface area contributed by atoms with E-state index in [-0.39, 0.29) is 23.4 Å². The lowest BCUT2D eigenvalue weighted by molar-refractivity contribution is 0.0948. The molecule has 0 spiro atoms. The topological polar surface area (TPSA) is 91.6 Å². The predicted octanol–water partition coefficient (Wildman–Crippen LogP) is 1.19. The fourth-order valence-corrected chi connectivity index (χ4v) is 5.47. The zero-order valence-electron chi connectivity index (χ0n) is 14.2. The quantitative estimate of drug-likeness (QED) is 0.819. The molecule has 2 atom stereocenters. The van der Waals surface area contributed by atoms with Crippen molar-refractivity contribution >= 4 is 15.9 Å². The number of nitrogens with zero attached hydrogens (tertiary/aromatic N) is 1. The maximum absolute atomic E-state index is 13.0. The Kier molecular flexibility index (Phi) is 4.56. The zero-order valence-corrected chi connectivity index (χ0v) is 15.0. The number of hydrogen-bond acceptors (Lipinski definition) is 5. The van der Waals surface area contributed by atoms with Crippen molar-refractivity contribution in [2.45, 2.75) is 23.9 Å². The highest BCUT2D eigenvalue weighted by Crippen LogP contribution is 2.32. The second kappa shape index (κ2) is 6.86. The molecule has 0 unspecified atom stereocenters. The van der Waals surface area contributed by atoms with Gasteiger partial charge in [0.25, 0.3) is 5.91 Å². The highest BCUT2D eigenvalue weighted by molar-refractivity contribution is 7.89. The molecule has 138 valence electrons. The minimum absolute atomic E-state index is 0.0106. The maximum Gasteiger partial charge on any atom is 0.251 e. The third-order valence-electron chi connectivity index (χ3n) is 5.10. The van der Waals surface area contributed by atoms with Crippen LogP contribution in [0.25, 0.3) is 0 Å². The lowest BCUT2D eigenvalue weighted by Crippen LogP contribution is -2.39. The van der Waals surface area contributed by atoms with Crippen LogP contribution in [0.15, 0.2) is 52.0 Å². The number of carbonyl (C=O) groups is 1. The second-order valence-corrected chi connectivity index (χ2v) is 8.57. The number of furan rings is 1. The molecule has 2 fully saturated rings. The molecular formula is C18H21N3O4S. The monoisotopic (exact) mass is 375 g/mol. The number of sulfonamides is 1. The summed E-state index contributed by atoms with van der Waals surface area (Å²) in [4.78, 5) is 12.5. The van der Waals surface area contributed by atoms with E-state index in [0.29, 0.717) is 30.3 Å². The molecule has 1 aromatic heterocycles. The van der Waals surface area contributed by atoms with Crippen molar-refractivity contribution in [3.05, 3.63) is 54.0 Å². The van der Waals surface area contributed by atoms with Crippen LogP contribution in [-0.4, -0.2) is 44.3 Å². The molecule has 2 aliphatic rings. The zero-order chi connectivity index (χ0) is 18.1. The van der Waals surface area contributed by atoms with Gasteiger partial charge in [-0.2, -0.15) is 4.31 Å². The molecular weight excluding hydrogens is 354 g/mol. The number of carbonyl (C=O) groups excluding carboxylic acids is 1. The van der Waals surface area contributed by atoms with Crippen LogP contribution in [0.2, 0.25) is 0 Å². The summed E-state index contributed by atoms with van der Waals surface area (Å²) in [5.74, 6) is 0.684. The molecule has 0 saturated carbocycles. The van der Waals surface area contributed by atoms with Crippen molar-refractivity contribution < 1.29 is 17.6 Å². The van der Waals surface area contributed by atoms with Crippen LogP contribution in [0.1, 0.15) is 22.5 Å². The third kappa shape index (κ3) is 3.15. The summed E-state index contributed by atoms with van der Waals surface area (Å²) in [6.07, 6.45) is 2.41. The number of benzene rings is 1. The molecule has 1 amide bonds. The second-order valence-electron chi connectivity index (χ2n) is 6.68. The van der Waals surface area contributed by atoms with E-state index in [1.807, 2.05) is 0 Å². The van der Waals surface area contributed by atoms with E-state index < -0.39 is 10.0 Å². The minimum atomic E-state index is -3.61. The molecule has 0 radical (unpaired) electrons. The molecule has 0 bridgehead atoms. The number of fused-ring (bicyclic) bond motifs is 1. The molecule has 8 heteroatoms. The van der Waals surface area contributed by atoms with Gasteiger partial charge in [0.2, 0.25) is 10.0 Å². The van der Waals surface area contributed by atoms with Crippen LogP contribution < -0.4 is 10.6 Å². The summed E-state index contributed by atoms with van der Waals surface area (Å²) in [5, 5.41) is 5.99. The molecule has 2 N–H and O–H groups in total. The van der Waals surface area contributed by atoms with Crippen LogP contribution >= 0.6 is 0 Å². The first-order valence-electron chi connectivity index (χ1n) is 8.69. The van der Waals surface area contributed by atoms with Gasteiger partial charge in [-0.3, -0.25) is 4.79 Å². The maximum atomic E-state index is 13.0. The first kappa shape index (κ1) is 17.3. The van der Waals surface area contributed by atoms with E-state index in [1.165, 1.54) is 12.3 Å². The van der Waals surface area contributed by atoms with Gasteiger partial charge in [-0.05, 0) is 49.2 Å². The predicted molar refractivity (Wildman–Crippen MR) is 95.0 cm³/mol. The summed E-state index contributed by atoms with van der Waals surface area (Å²) in [5.41, 5.74) is 0.318. The Morgan fingerprint density at radius 3 is 2.96 bits per heavy atom. The Labute approximate surface area is 152 Å². The van der Waals surface area contributed by atoms with Gasteiger partial charge in [0.15, 0.2) is 0 Å². The number of nitrogens with one attached hydrogen (secondary N) is 2. The Morgan fingerprint density at radius 2 is 2.15 bits per heavy atom.